The number of carbonyl (C=O) groups is 2. The molecule has 0 saturated carbocycles. The van der Waals surface area contributed by atoms with Crippen LogP contribution in [0.15, 0.2) is 36.4 Å². The fourth-order valence-electron chi connectivity index (χ4n) is 4.00. The lowest BCUT2D eigenvalue weighted by Gasteiger charge is -2.14. The Morgan fingerprint density at radius 3 is 2.65 bits per heavy atom. The summed E-state index contributed by atoms with van der Waals surface area (Å²) in [5, 5.41) is 7.99. The zero-order valence-corrected chi connectivity index (χ0v) is 19.7. The number of nitrogens with two attached hydrogens (primary N) is 1. The lowest BCUT2D eigenvalue weighted by atomic mass is 10.1. The van der Waals surface area contributed by atoms with E-state index in [0.717, 1.165) is 28.1 Å². The maximum absolute atomic E-state index is 12.3. The van der Waals surface area contributed by atoms with Gasteiger partial charge in [-0.3, -0.25) is 9.48 Å². The smallest absolute Gasteiger partial charge is 0.338 e. The number of primary amides is 1. The molecule has 178 valence electrons. The van der Waals surface area contributed by atoms with Crippen LogP contribution in [-0.2, 0) is 23.0 Å². The Morgan fingerprint density at radius 1 is 1.18 bits per heavy atom. The highest BCUT2D eigenvalue weighted by Crippen LogP contribution is 2.45. The summed E-state index contributed by atoms with van der Waals surface area (Å²) in [5.74, 6) is 0.786. The summed E-state index contributed by atoms with van der Waals surface area (Å²) in [4.78, 5) is 23.5. The molecular formula is C25H28N4O5. The maximum Gasteiger partial charge on any atom is 0.338 e. The van der Waals surface area contributed by atoms with Crippen molar-refractivity contribution in [3.63, 3.8) is 0 Å². The molecule has 1 amide bonds. The second-order valence-electron chi connectivity index (χ2n) is 8.28. The molecule has 0 saturated heterocycles. The lowest BCUT2D eigenvalue weighted by Crippen LogP contribution is -2.20. The quantitative estimate of drug-likeness (QED) is 0.364. The number of hydrogen-bond donors (Lipinski definition) is 2. The number of anilines is 2. The second kappa shape index (κ2) is 9.46. The number of rotatable bonds is 9. The largest absolute Gasteiger partial charge is 0.490 e. The van der Waals surface area contributed by atoms with Crippen LogP contribution in [0, 0.1) is 0 Å². The Labute approximate surface area is 197 Å². The first kappa shape index (κ1) is 23.2. The van der Waals surface area contributed by atoms with E-state index in [1.165, 1.54) is 0 Å². The van der Waals surface area contributed by atoms with Gasteiger partial charge >= 0.3 is 5.97 Å². The summed E-state index contributed by atoms with van der Waals surface area (Å²) in [6.45, 7) is 5.74. The molecular weight excluding hydrogens is 436 g/mol. The molecule has 0 atom stereocenters. The van der Waals surface area contributed by atoms with E-state index in [-0.39, 0.29) is 18.7 Å². The Hall–Kier alpha value is -4.01. The lowest BCUT2D eigenvalue weighted by molar-refractivity contribution is -0.119. The van der Waals surface area contributed by atoms with Crippen molar-refractivity contribution in [1.82, 2.24) is 9.78 Å². The molecule has 0 radical (unpaired) electrons. The van der Waals surface area contributed by atoms with Crippen molar-refractivity contribution in [2.24, 2.45) is 12.8 Å². The number of carbonyl (C=O) groups excluding carboxylic acids is 2. The molecule has 0 fully saturated rings. The van der Waals surface area contributed by atoms with Gasteiger partial charge in [-0.1, -0.05) is 6.07 Å². The van der Waals surface area contributed by atoms with E-state index >= 15 is 0 Å². The Bertz CT molecular complexity index is 1250. The van der Waals surface area contributed by atoms with E-state index in [1.54, 1.807) is 22.9 Å². The third-order valence-corrected chi connectivity index (χ3v) is 5.31. The van der Waals surface area contributed by atoms with Crippen molar-refractivity contribution in [3.05, 3.63) is 53.1 Å². The fraction of sp³-hybridized carbons (Fsp3) is 0.320. The topological polar surface area (TPSA) is 118 Å². The highest BCUT2D eigenvalue weighted by molar-refractivity contribution is 5.91. The first-order chi connectivity index (χ1) is 16.3. The monoisotopic (exact) mass is 464 g/mol. The summed E-state index contributed by atoms with van der Waals surface area (Å²) < 4.78 is 18.4. The molecule has 9 nitrogen and oxygen atoms in total. The number of amides is 1. The number of fused-ring (bicyclic) bond motifs is 3. The average molecular weight is 465 g/mol. The summed E-state index contributed by atoms with van der Waals surface area (Å²) in [6, 6.07) is 10.9. The van der Waals surface area contributed by atoms with Crippen LogP contribution in [0.4, 0.5) is 11.5 Å². The Morgan fingerprint density at radius 2 is 1.94 bits per heavy atom. The number of aryl methyl sites for hydroxylation is 1. The fourth-order valence-corrected chi connectivity index (χ4v) is 4.00. The van der Waals surface area contributed by atoms with Crippen LogP contribution in [-0.4, -0.2) is 41.0 Å². The van der Waals surface area contributed by atoms with Gasteiger partial charge in [0.05, 0.1) is 24.0 Å². The molecule has 3 N–H and O–H groups in total. The van der Waals surface area contributed by atoms with Crippen molar-refractivity contribution in [3.8, 4) is 22.8 Å². The molecule has 34 heavy (non-hydrogen) atoms. The molecule has 0 bridgehead atoms. The van der Waals surface area contributed by atoms with Gasteiger partial charge in [0.1, 0.15) is 0 Å². The minimum atomic E-state index is -0.560. The normalized spacial score (nSPS) is 11.7. The van der Waals surface area contributed by atoms with Gasteiger partial charge in [0.25, 0.3) is 5.91 Å². The van der Waals surface area contributed by atoms with E-state index in [9.17, 15) is 9.59 Å². The van der Waals surface area contributed by atoms with Crippen molar-refractivity contribution < 1.29 is 23.8 Å². The van der Waals surface area contributed by atoms with Gasteiger partial charge < -0.3 is 25.3 Å². The third kappa shape index (κ3) is 4.68. The molecule has 4 rings (SSSR count). The number of nitrogens with one attached hydrogen (secondary N) is 1. The summed E-state index contributed by atoms with van der Waals surface area (Å²) >= 11 is 0. The van der Waals surface area contributed by atoms with Crippen LogP contribution in [0.1, 0.15) is 42.3 Å². The number of esters is 1. The molecule has 1 heterocycles. The molecule has 3 aromatic rings. The van der Waals surface area contributed by atoms with Gasteiger partial charge in [0.15, 0.2) is 23.9 Å². The molecule has 1 aliphatic rings. The molecule has 9 heteroatoms. The van der Waals surface area contributed by atoms with Crippen LogP contribution in [0.25, 0.3) is 11.3 Å². The number of hydrogen-bond acceptors (Lipinski definition) is 7. The zero-order valence-electron chi connectivity index (χ0n) is 19.7. The van der Waals surface area contributed by atoms with Crippen molar-refractivity contribution in [2.45, 2.75) is 33.3 Å². The standard InChI is InChI=1S/C25H28N4O5/c1-5-32-20-11-16-10-19-23(18(16)12-21(20)33-13-22(26)30)29(4)28-24(19)27-17-8-6-7-15(9-17)25(31)34-14(2)3/h6-9,11-12,14H,5,10,13H2,1-4H3,(H2,26,30)(H,27,28). The van der Waals surface area contributed by atoms with Crippen molar-refractivity contribution >= 4 is 23.4 Å². The number of nitrogens with zero attached hydrogens (tertiary/aromatic N) is 2. The van der Waals surface area contributed by atoms with Gasteiger partial charge in [-0.25, -0.2) is 4.79 Å². The van der Waals surface area contributed by atoms with E-state index in [2.05, 4.69) is 10.4 Å². The summed E-state index contributed by atoms with van der Waals surface area (Å²) in [5.41, 5.74) is 10.4. The Balaban J connectivity index is 1.64. The van der Waals surface area contributed by atoms with E-state index in [1.807, 2.05) is 46.0 Å². The average Bonchev–Trinajstić information content (AvgIpc) is 3.29. The first-order valence-electron chi connectivity index (χ1n) is 11.1. The van der Waals surface area contributed by atoms with Gasteiger partial charge in [0.2, 0.25) is 0 Å². The molecule has 0 aliphatic heterocycles. The first-order valence-corrected chi connectivity index (χ1v) is 11.1. The third-order valence-electron chi connectivity index (χ3n) is 5.31. The minimum Gasteiger partial charge on any atom is -0.490 e. The number of aromatic nitrogens is 2. The zero-order chi connectivity index (χ0) is 24.4. The summed E-state index contributed by atoms with van der Waals surface area (Å²) in [7, 11) is 1.87. The van der Waals surface area contributed by atoms with E-state index in [4.69, 9.17) is 19.9 Å². The Kier molecular flexibility index (Phi) is 6.45. The SMILES string of the molecule is CCOc1cc2c(cc1OCC(N)=O)-c1c(c(Nc3cccc(C(=O)OC(C)C)c3)nn1C)C2. The second-order valence-corrected chi connectivity index (χ2v) is 8.28. The predicted molar refractivity (Wildman–Crippen MR) is 128 cm³/mol. The van der Waals surface area contributed by atoms with Gasteiger partial charge in [-0.05, 0) is 56.7 Å². The summed E-state index contributed by atoms with van der Waals surface area (Å²) in [6.07, 6.45) is 0.451. The van der Waals surface area contributed by atoms with E-state index < -0.39 is 5.91 Å². The molecule has 0 unspecified atom stereocenters. The highest BCUT2D eigenvalue weighted by atomic mass is 16.5. The van der Waals surface area contributed by atoms with Crippen LogP contribution < -0.4 is 20.5 Å². The van der Waals surface area contributed by atoms with Crippen molar-refractivity contribution in [1.29, 1.82) is 0 Å². The molecule has 1 aromatic heterocycles. The van der Waals surface area contributed by atoms with Gasteiger partial charge in [-0.15, -0.1) is 0 Å². The van der Waals surface area contributed by atoms with Crippen LogP contribution >= 0.6 is 0 Å². The molecule has 2 aromatic carbocycles. The number of ether oxygens (including phenoxy) is 3. The predicted octanol–water partition coefficient (Wildman–Crippen LogP) is 3.56. The van der Waals surface area contributed by atoms with Crippen LogP contribution in [0.3, 0.4) is 0 Å². The maximum atomic E-state index is 12.3. The van der Waals surface area contributed by atoms with Gasteiger partial charge in [-0.2, -0.15) is 5.10 Å². The van der Waals surface area contributed by atoms with E-state index in [0.29, 0.717) is 35.9 Å². The molecule has 1 aliphatic carbocycles. The highest BCUT2D eigenvalue weighted by Gasteiger charge is 2.29. The van der Waals surface area contributed by atoms with Crippen LogP contribution in [0.5, 0.6) is 11.5 Å². The van der Waals surface area contributed by atoms with Crippen molar-refractivity contribution in [2.75, 3.05) is 18.5 Å². The number of benzene rings is 2. The van der Waals surface area contributed by atoms with Gasteiger partial charge in [0, 0.05) is 30.3 Å². The molecule has 0 spiro atoms. The van der Waals surface area contributed by atoms with Crippen LogP contribution in [0.2, 0.25) is 0 Å². The minimum absolute atomic E-state index is 0.194.